The minimum absolute atomic E-state index is 0.206. The number of fused-ring (bicyclic) bond motifs is 7. The van der Waals surface area contributed by atoms with Crippen LogP contribution in [0.15, 0.2) is 206 Å². The molecule has 0 aromatic heterocycles. The molecule has 0 nitrogen and oxygen atoms in total. The summed E-state index contributed by atoms with van der Waals surface area (Å²) < 4.78 is 43.2. The van der Waals surface area contributed by atoms with Crippen molar-refractivity contribution >= 4 is 64.6 Å². The molecule has 0 aliphatic heterocycles. The van der Waals surface area contributed by atoms with Gasteiger partial charge in [-0.05, 0) is 121 Å². The van der Waals surface area contributed by atoms with E-state index in [1.807, 2.05) is 36.4 Å². The van der Waals surface area contributed by atoms with Gasteiger partial charge in [0.05, 0.1) is 6.85 Å². The minimum Gasteiger partial charge on any atom is -0.0622 e. The molecule has 54 heavy (non-hydrogen) atoms. The first-order valence-corrected chi connectivity index (χ1v) is 18.4. The zero-order chi connectivity index (χ0) is 39.9. The summed E-state index contributed by atoms with van der Waals surface area (Å²) in [6.07, 6.45) is 0. The average Bonchev–Trinajstić information content (AvgIpc) is 3.29. The first kappa shape index (κ1) is 25.9. The van der Waals surface area contributed by atoms with Gasteiger partial charge in [0.2, 0.25) is 0 Å². The molecule has 0 saturated heterocycles. The highest BCUT2D eigenvalue weighted by molar-refractivity contribution is 6.24. The number of benzene rings is 11. The van der Waals surface area contributed by atoms with E-state index in [1.165, 1.54) is 38.2 Å². The second kappa shape index (κ2) is 12.3. The molecule has 250 valence electrons. The van der Waals surface area contributed by atoms with Crippen molar-refractivity contribution in [1.29, 1.82) is 0 Å². The van der Waals surface area contributed by atoms with Crippen LogP contribution in [-0.4, -0.2) is 0 Å². The smallest absolute Gasteiger partial charge is 0.0622 e. The highest BCUT2D eigenvalue weighted by Gasteiger charge is 2.19. The van der Waals surface area contributed by atoms with Gasteiger partial charge in [-0.1, -0.05) is 194 Å². The molecule has 0 unspecified atom stereocenters. The Morgan fingerprint density at radius 2 is 0.556 bits per heavy atom. The summed E-state index contributed by atoms with van der Waals surface area (Å²) in [4.78, 5) is 0. The normalized spacial score (nSPS) is 13.0. The quantitative estimate of drug-likeness (QED) is 0.128. The predicted molar refractivity (Wildman–Crippen MR) is 233 cm³/mol. The summed E-state index contributed by atoms with van der Waals surface area (Å²) in [6, 6.07) is 60.7. The van der Waals surface area contributed by atoms with E-state index in [9.17, 15) is 0 Å². The lowest BCUT2D eigenvalue weighted by atomic mass is 9.84. The zero-order valence-corrected chi connectivity index (χ0v) is 29.2. The van der Waals surface area contributed by atoms with E-state index < -0.39 is 6.04 Å². The molecule has 0 heteroatoms. The highest BCUT2D eigenvalue weighted by atomic mass is 14.2. The van der Waals surface area contributed by atoms with E-state index in [0.717, 1.165) is 59.8 Å². The summed E-state index contributed by atoms with van der Waals surface area (Å²) in [5.74, 6) is 0. The van der Waals surface area contributed by atoms with Crippen LogP contribution in [0.4, 0.5) is 0 Å². The van der Waals surface area contributed by atoms with Crippen LogP contribution in [0.3, 0.4) is 0 Å². The van der Waals surface area contributed by atoms with Gasteiger partial charge in [0, 0.05) is 0 Å². The second-order valence-electron chi connectivity index (χ2n) is 14.0. The summed E-state index contributed by atoms with van der Waals surface area (Å²) in [5.41, 5.74) is 7.74. The third-order valence-corrected chi connectivity index (χ3v) is 11.1. The predicted octanol–water partition coefficient (Wildman–Crippen LogP) is 15.3. The van der Waals surface area contributed by atoms with Gasteiger partial charge in [-0.3, -0.25) is 0 Å². The maximum Gasteiger partial charge on any atom is 0.0629 e. The van der Waals surface area contributed by atoms with E-state index in [-0.39, 0.29) is 29.7 Å². The van der Waals surface area contributed by atoms with Crippen LogP contribution in [0.25, 0.3) is 109 Å². The average molecular weight is 688 g/mol. The van der Waals surface area contributed by atoms with Crippen molar-refractivity contribution in [2.45, 2.75) is 0 Å². The Morgan fingerprint density at radius 3 is 0.944 bits per heavy atom. The Hall–Kier alpha value is -7.02. The van der Waals surface area contributed by atoms with Gasteiger partial charge in [0.1, 0.15) is 0 Å². The van der Waals surface area contributed by atoms with Crippen LogP contribution in [0.1, 0.15) is 6.85 Å². The van der Waals surface area contributed by atoms with E-state index in [1.54, 1.807) is 0 Å². The fourth-order valence-electron chi connectivity index (χ4n) is 8.80. The standard InChI is InChI=1S/C54H34/c1-3-15-37(16-4-1)51-41-19-7-11-23-45(41)53(46-24-12-8-20-42(46)51)39-31-29-35-27-28-36-30-32-40(34-50(36)49(35)33-39)54-47-25-13-9-21-43(47)52(38-17-5-2-6-18-38)44-22-10-14-26-48(44)54/h1-34H/i1D,3D,4D,15D,16D. The zero-order valence-electron chi connectivity index (χ0n) is 34.2. The largest absolute Gasteiger partial charge is 0.0629 e. The second-order valence-corrected chi connectivity index (χ2v) is 14.0. The van der Waals surface area contributed by atoms with Crippen molar-refractivity contribution in [2.24, 2.45) is 0 Å². The Balaban J connectivity index is 1.18. The van der Waals surface area contributed by atoms with Crippen LogP contribution in [0, 0.1) is 0 Å². The van der Waals surface area contributed by atoms with E-state index in [4.69, 9.17) is 6.85 Å². The van der Waals surface area contributed by atoms with Crippen LogP contribution in [-0.2, 0) is 0 Å². The fourth-order valence-corrected chi connectivity index (χ4v) is 8.80. The molecular weight excluding hydrogens is 649 g/mol. The third kappa shape index (κ3) is 4.71. The van der Waals surface area contributed by atoms with Gasteiger partial charge in [-0.25, -0.2) is 0 Å². The lowest BCUT2D eigenvalue weighted by molar-refractivity contribution is 1.66. The number of hydrogen-bond donors (Lipinski definition) is 0. The SMILES string of the molecule is [2H]c1c([2H])c([2H])c(-c2c3ccccc3c(-c3ccc4ccc5ccc(-c6c7ccccc7c(-c7ccccc7)c7ccccc67)cc5c4c3)c3ccccc23)c([2H])c1[2H]. The van der Waals surface area contributed by atoms with Crippen LogP contribution < -0.4 is 0 Å². The van der Waals surface area contributed by atoms with Crippen molar-refractivity contribution in [2.75, 3.05) is 0 Å². The molecule has 11 aromatic carbocycles. The van der Waals surface area contributed by atoms with Crippen LogP contribution in [0.5, 0.6) is 0 Å². The van der Waals surface area contributed by atoms with Gasteiger partial charge < -0.3 is 0 Å². The van der Waals surface area contributed by atoms with Gasteiger partial charge in [0.15, 0.2) is 0 Å². The molecule has 0 amide bonds. The van der Waals surface area contributed by atoms with Crippen LogP contribution >= 0.6 is 0 Å². The molecule has 11 aromatic rings. The summed E-state index contributed by atoms with van der Waals surface area (Å²) in [6.45, 7) is 0. The Morgan fingerprint density at radius 1 is 0.241 bits per heavy atom. The monoisotopic (exact) mass is 687 g/mol. The van der Waals surface area contributed by atoms with Crippen molar-refractivity contribution in [3.63, 3.8) is 0 Å². The van der Waals surface area contributed by atoms with Gasteiger partial charge in [0.25, 0.3) is 0 Å². The number of rotatable bonds is 4. The molecule has 0 aliphatic rings. The summed E-state index contributed by atoms with van der Waals surface area (Å²) >= 11 is 0. The molecule has 0 N–H and O–H groups in total. The molecule has 0 saturated carbocycles. The lowest BCUT2D eigenvalue weighted by Crippen LogP contribution is -1.91. The summed E-state index contributed by atoms with van der Waals surface area (Å²) in [7, 11) is 0. The van der Waals surface area contributed by atoms with Crippen molar-refractivity contribution in [1.82, 2.24) is 0 Å². The first-order chi connectivity index (χ1) is 28.9. The Bertz CT molecular complexity index is 3410. The topological polar surface area (TPSA) is 0 Å². The van der Waals surface area contributed by atoms with Gasteiger partial charge in [-0.15, -0.1) is 0 Å². The number of hydrogen-bond acceptors (Lipinski definition) is 0. The van der Waals surface area contributed by atoms with E-state index in [2.05, 4.69) is 140 Å². The fraction of sp³-hybridized carbons (Fsp3) is 0. The van der Waals surface area contributed by atoms with E-state index >= 15 is 0 Å². The molecule has 0 heterocycles. The first-order valence-electron chi connectivity index (χ1n) is 20.9. The van der Waals surface area contributed by atoms with Gasteiger partial charge >= 0.3 is 0 Å². The lowest BCUT2D eigenvalue weighted by Gasteiger charge is -2.19. The maximum absolute atomic E-state index is 8.95. The molecule has 0 aliphatic carbocycles. The minimum atomic E-state index is -0.397. The summed E-state index contributed by atoms with van der Waals surface area (Å²) in [5, 5.41) is 13.0. The molecule has 0 fully saturated rings. The molecule has 0 radical (unpaired) electrons. The Kier molecular flexibility index (Phi) is 5.89. The van der Waals surface area contributed by atoms with Crippen molar-refractivity contribution in [3.05, 3.63) is 206 Å². The van der Waals surface area contributed by atoms with Crippen LogP contribution in [0.2, 0.25) is 0 Å². The maximum atomic E-state index is 8.95. The third-order valence-electron chi connectivity index (χ3n) is 11.1. The Labute approximate surface area is 321 Å². The molecule has 0 spiro atoms. The highest BCUT2D eigenvalue weighted by Crippen LogP contribution is 2.46. The molecule has 0 bridgehead atoms. The van der Waals surface area contributed by atoms with Crippen molar-refractivity contribution < 1.29 is 6.85 Å². The molecular formula is C54H34. The van der Waals surface area contributed by atoms with E-state index in [0.29, 0.717) is 5.56 Å². The molecule has 11 rings (SSSR count). The van der Waals surface area contributed by atoms with Gasteiger partial charge in [-0.2, -0.15) is 0 Å². The molecule has 0 atom stereocenters. The van der Waals surface area contributed by atoms with Crippen molar-refractivity contribution in [3.8, 4) is 44.5 Å².